The number of benzene rings is 2. The molecule has 1 heterocycles. The minimum atomic E-state index is -0.119. The zero-order valence-corrected chi connectivity index (χ0v) is 13.9. The summed E-state index contributed by atoms with van der Waals surface area (Å²) in [5.74, 6) is 0. The molecular weight excluding hydrogens is 320 g/mol. The molecule has 0 aliphatic heterocycles. The van der Waals surface area contributed by atoms with Gasteiger partial charge in [0.05, 0.1) is 12.6 Å². The van der Waals surface area contributed by atoms with Crippen molar-refractivity contribution in [3.8, 4) is 11.1 Å². The van der Waals surface area contributed by atoms with E-state index in [0.717, 1.165) is 22.3 Å². The van der Waals surface area contributed by atoms with Crippen molar-refractivity contribution in [2.75, 3.05) is 6.61 Å². The van der Waals surface area contributed by atoms with Crippen molar-refractivity contribution in [2.24, 2.45) is 0 Å². The fraction of sp³-hybridized carbons (Fsp3) is 0.150. The summed E-state index contributed by atoms with van der Waals surface area (Å²) in [4.78, 5) is 4.05. The van der Waals surface area contributed by atoms with E-state index >= 15 is 0 Å². The minimum Gasteiger partial charge on any atom is -0.394 e. The van der Waals surface area contributed by atoms with Crippen LogP contribution in [0.4, 0.5) is 0 Å². The van der Waals surface area contributed by atoms with E-state index in [2.05, 4.69) is 28.5 Å². The molecule has 24 heavy (non-hydrogen) atoms. The van der Waals surface area contributed by atoms with E-state index in [0.29, 0.717) is 11.6 Å². The quantitative estimate of drug-likeness (QED) is 0.707. The Hall–Kier alpha value is -2.20. The van der Waals surface area contributed by atoms with E-state index in [-0.39, 0.29) is 12.6 Å². The molecule has 0 amide bonds. The molecule has 2 aromatic carbocycles. The van der Waals surface area contributed by atoms with Crippen LogP contribution in [0, 0.1) is 0 Å². The van der Waals surface area contributed by atoms with Crippen LogP contribution in [0.2, 0.25) is 5.02 Å². The summed E-state index contributed by atoms with van der Waals surface area (Å²) in [5, 5.41) is 13.7. The molecule has 1 aromatic heterocycles. The van der Waals surface area contributed by atoms with Crippen LogP contribution in [0.1, 0.15) is 17.2 Å². The molecule has 1 atom stereocenters. The maximum atomic E-state index is 9.66. The number of hydrogen-bond donors (Lipinski definition) is 2. The second kappa shape index (κ2) is 8.06. The average Bonchev–Trinajstić information content (AvgIpc) is 2.64. The van der Waals surface area contributed by atoms with Gasteiger partial charge in [-0.2, -0.15) is 0 Å². The molecule has 0 saturated heterocycles. The third-order valence-electron chi connectivity index (χ3n) is 3.95. The number of nitrogens with zero attached hydrogens (tertiary/aromatic N) is 1. The van der Waals surface area contributed by atoms with Crippen molar-refractivity contribution in [3.63, 3.8) is 0 Å². The van der Waals surface area contributed by atoms with Crippen LogP contribution in [0.5, 0.6) is 0 Å². The van der Waals surface area contributed by atoms with Gasteiger partial charge in [0.1, 0.15) is 0 Å². The first-order valence-electron chi connectivity index (χ1n) is 7.85. The second-order valence-corrected chi connectivity index (χ2v) is 6.04. The lowest BCUT2D eigenvalue weighted by atomic mass is 10.0. The Morgan fingerprint density at radius 2 is 1.71 bits per heavy atom. The van der Waals surface area contributed by atoms with Crippen LogP contribution in [-0.2, 0) is 6.54 Å². The Morgan fingerprint density at radius 1 is 0.958 bits per heavy atom. The van der Waals surface area contributed by atoms with Crippen molar-refractivity contribution in [1.29, 1.82) is 0 Å². The number of rotatable bonds is 6. The third-order valence-corrected chi connectivity index (χ3v) is 4.20. The average molecular weight is 339 g/mol. The van der Waals surface area contributed by atoms with Crippen molar-refractivity contribution < 1.29 is 5.11 Å². The fourth-order valence-corrected chi connectivity index (χ4v) is 2.76. The lowest BCUT2D eigenvalue weighted by Crippen LogP contribution is -2.23. The molecule has 3 nitrogen and oxygen atoms in total. The first-order valence-corrected chi connectivity index (χ1v) is 8.23. The van der Waals surface area contributed by atoms with Crippen LogP contribution in [0.25, 0.3) is 11.1 Å². The second-order valence-electron chi connectivity index (χ2n) is 5.60. The van der Waals surface area contributed by atoms with E-state index in [4.69, 9.17) is 11.6 Å². The summed E-state index contributed by atoms with van der Waals surface area (Å²) in [7, 11) is 0. The molecule has 3 rings (SSSR count). The highest BCUT2D eigenvalue weighted by Crippen LogP contribution is 2.21. The highest BCUT2D eigenvalue weighted by molar-refractivity contribution is 6.30. The van der Waals surface area contributed by atoms with Gasteiger partial charge in [-0.25, -0.2) is 0 Å². The van der Waals surface area contributed by atoms with Gasteiger partial charge < -0.3 is 10.4 Å². The van der Waals surface area contributed by atoms with E-state index in [1.165, 1.54) is 0 Å². The number of hydrogen-bond acceptors (Lipinski definition) is 3. The van der Waals surface area contributed by atoms with Crippen molar-refractivity contribution in [3.05, 3.63) is 89.2 Å². The van der Waals surface area contributed by atoms with Gasteiger partial charge in [0.25, 0.3) is 0 Å². The van der Waals surface area contributed by atoms with Gasteiger partial charge in [0, 0.05) is 24.0 Å². The van der Waals surface area contributed by atoms with Gasteiger partial charge in [-0.05, 0) is 52.6 Å². The van der Waals surface area contributed by atoms with Crippen molar-refractivity contribution >= 4 is 11.6 Å². The Morgan fingerprint density at radius 3 is 2.42 bits per heavy atom. The standard InChI is InChI=1S/C20H19ClN2O/c21-19-6-4-17(5-7-19)20(14-24)23-13-15-2-1-3-18(12-15)16-8-10-22-11-9-16/h1-12,20,23-24H,13-14H2. The highest BCUT2D eigenvalue weighted by Gasteiger charge is 2.10. The number of pyridine rings is 1. The lowest BCUT2D eigenvalue weighted by Gasteiger charge is -2.17. The molecule has 0 spiro atoms. The molecular formula is C20H19ClN2O. The SMILES string of the molecule is OCC(NCc1cccc(-c2ccncc2)c1)c1ccc(Cl)cc1. The third kappa shape index (κ3) is 4.20. The predicted molar refractivity (Wildman–Crippen MR) is 97.8 cm³/mol. The number of nitrogens with one attached hydrogen (secondary N) is 1. The van der Waals surface area contributed by atoms with E-state index in [1.807, 2.05) is 42.5 Å². The molecule has 0 radical (unpaired) electrons. The molecule has 0 saturated carbocycles. The summed E-state index contributed by atoms with van der Waals surface area (Å²) >= 11 is 5.92. The largest absolute Gasteiger partial charge is 0.394 e. The van der Waals surface area contributed by atoms with Gasteiger partial charge in [-0.15, -0.1) is 0 Å². The molecule has 122 valence electrons. The Labute approximate surface area is 147 Å². The van der Waals surface area contributed by atoms with Crippen LogP contribution in [0.15, 0.2) is 73.1 Å². The molecule has 0 fully saturated rings. The summed E-state index contributed by atoms with van der Waals surface area (Å²) in [6.45, 7) is 0.707. The number of aromatic nitrogens is 1. The normalized spacial score (nSPS) is 12.1. The highest BCUT2D eigenvalue weighted by atomic mass is 35.5. The molecule has 3 aromatic rings. The molecule has 0 aliphatic carbocycles. The van der Waals surface area contributed by atoms with Gasteiger partial charge >= 0.3 is 0 Å². The van der Waals surface area contributed by atoms with Crippen molar-refractivity contribution in [2.45, 2.75) is 12.6 Å². The molecule has 2 N–H and O–H groups in total. The van der Waals surface area contributed by atoms with Crippen LogP contribution < -0.4 is 5.32 Å². The topological polar surface area (TPSA) is 45.1 Å². The van der Waals surface area contributed by atoms with E-state index in [9.17, 15) is 5.11 Å². The minimum absolute atomic E-state index is 0.0334. The Bertz CT molecular complexity index is 775. The predicted octanol–water partition coefficient (Wildman–Crippen LogP) is 4.23. The monoisotopic (exact) mass is 338 g/mol. The summed E-state index contributed by atoms with van der Waals surface area (Å²) in [6, 6.07) is 19.8. The fourth-order valence-electron chi connectivity index (χ4n) is 2.63. The maximum Gasteiger partial charge on any atom is 0.0626 e. The zero-order chi connectivity index (χ0) is 16.8. The lowest BCUT2D eigenvalue weighted by molar-refractivity contribution is 0.243. The maximum absolute atomic E-state index is 9.66. The number of aliphatic hydroxyl groups excluding tert-OH is 1. The molecule has 0 bridgehead atoms. The molecule has 0 aliphatic rings. The van der Waals surface area contributed by atoms with E-state index in [1.54, 1.807) is 12.4 Å². The van der Waals surface area contributed by atoms with Gasteiger partial charge in [0.15, 0.2) is 0 Å². The molecule has 1 unspecified atom stereocenters. The first kappa shape index (κ1) is 16.7. The summed E-state index contributed by atoms with van der Waals surface area (Å²) in [6.07, 6.45) is 3.59. The van der Waals surface area contributed by atoms with Crippen LogP contribution >= 0.6 is 11.6 Å². The number of halogens is 1. The Kier molecular flexibility index (Phi) is 5.59. The van der Waals surface area contributed by atoms with Gasteiger partial charge in [-0.1, -0.05) is 41.9 Å². The summed E-state index contributed by atoms with van der Waals surface area (Å²) < 4.78 is 0. The zero-order valence-electron chi connectivity index (χ0n) is 13.2. The summed E-state index contributed by atoms with van der Waals surface area (Å²) in [5.41, 5.74) is 4.48. The van der Waals surface area contributed by atoms with Crippen LogP contribution in [0.3, 0.4) is 0 Å². The van der Waals surface area contributed by atoms with Crippen molar-refractivity contribution in [1.82, 2.24) is 10.3 Å². The van der Waals surface area contributed by atoms with Crippen LogP contribution in [-0.4, -0.2) is 16.7 Å². The number of aliphatic hydroxyl groups is 1. The smallest absolute Gasteiger partial charge is 0.0626 e. The van der Waals surface area contributed by atoms with Gasteiger partial charge in [0.2, 0.25) is 0 Å². The Balaban J connectivity index is 1.70. The van der Waals surface area contributed by atoms with E-state index < -0.39 is 0 Å². The molecule has 4 heteroatoms. The van der Waals surface area contributed by atoms with Gasteiger partial charge in [-0.3, -0.25) is 4.98 Å². The first-order chi connectivity index (χ1) is 11.8.